The molecule has 1 atom stereocenters. The number of carbonyl (C=O) groups is 2. The zero-order chi connectivity index (χ0) is 27.5. The van der Waals surface area contributed by atoms with Gasteiger partial charge in [0.1, 0.15) is 5.56 Å². The molecule has 0 bridgehead atoms. The second-order valence-electron chi connectivity index (χ2n) is 9.07. The lowest BCUT2D eigenvalue weighted by Crippen LogP contribution is -2.32. The molecule has 9 heteroatoms. The Morgan fingerprint density at radius 2 is 1.87 bits per heavy atom. The number of aryl methyl sites for hydroxylation is 1. The predicted octanol–water partition coefficient (Wildman–Crippen LogP) is 3.32. The summed E-state index contributed by atoms with van der Waals surface area (Å²) in [6, 6.07) is 17.8. The van der Waals surface area contributed by atoms with Gasteiger partial charge in [0.15, 0.2) is 5.65 Å². The van der Waals surface area contributed by atoms with Crippen molar-refractivity contribution in [3.05, 3.63) is 106 Å². The van der Waals surface area contributed by atoms with Crippen LogP contribution in [0.5, 0.6) is 0 Å². The molecule has 0 saturated carbocycles. The first kappa shape index (κ1) is 25.4. The number of amides is 2. The number of aromatic nitrogens is 4. The summed E-state index contributed by atoms with van der Waals surface area (Å²) in [6.45, 7) is 5.20. The summed E-state index contributed by atoms with van der Waals surface area (Å²) in [7, 11) is 0. The van der Waals surface area contributed by atoms with Gasteiger partial charge in [-0.25, -0.2) is 9.50 Å². The average molecular weight is 519 g/mol. The van der Waals surface area contributed by atoms with Crippen LogP contribution in [0.4, 0.5) is 0 Å². The number of para-hydroxylation sites is 1. The normalized spacial score (nSPS) is 11.6. The highest BCUT2D eigenvalue weighted by Gasteiger charge is 2.23. The number of pyridine rings is 1. The Morgan fingerprint density at radius 1 is 1.08 bits per heavy atom. The van der Waals surface area contributed by atoms with Crippen molar-refractivity contribution in [1.82, 2.24) is 29.8 Å². The number of benzene rings is 2. The van der Waals surface area contributed by atoms with Crippen molar-refractivity contribution in [3.8, 4) is 17.5 Å². The Kier molecular flexibility index (Phi) is 6.93. The molecule has 9 nitrogen and oxygen atoms in total. The fourth-order valence-electron chi connectivity index (χ4n) is 4.56. The molecule has 0 spiro atoms. The molecular weight excluding hydrogens is 492 g/mol. The molecular formula is C30H26N6O3. The van der Waals surface area contributed by atoms with E-state index in [0.717, 1.165) is 0 Å². The largest absolute Gasteiger partial charge is 0.345 e. The summed E-state index contributed by atoms with van der Waals surface area (Å²) in [4.78, 5) is 43.0. The number of hydrogen-bond acceptors (Lipinski definition) is 5. The second kappa shape index (κ2) is 10.6. The van der Waals surface area contributed by atoms with Crippen molar-refractivity contribution < 1.29 is 9.59 Å². The lowest BCUT2D eigenvalue weighted by molar-refractivity contribution is -0.118. The molecule has 194 valence electrons. The molecule has 5 rings (SSSR count). The fourth-order valence-corrected chi connectivity index (χ4v) is 4.56. The van der Waals surface area contributed by atoms with Crippen molar-refractivity contribution in [2.75, 3.05) is 6.54 Å². The molecule has 5 aromatic rings. The molecule has 0 fully saturated rings. The quantitative estimate of drug-likeness (QED) is 0.347. The van der Waals surface area contributed by atoms with Gasteiger partial charge < -0.3 is 10.6 Å². The van der Waals surface area contributed by atoms with Crippen molar-refractivity contribution in [3.63, 3.8) is 0 Å². The van der Waals surface area contributed by atoms with E-state index in [9.17, 15) is 14.4 Å². The van der Waals surface area contributed by atoms with E-state index in [1.807, 2.05) is 55.5 Å². The first-order valence-corrected chi connectivity index (χ1v) is 12.4. The lowest BCUT2D eigenvalue weighted by Gasteiger charge is -2.21. The summed E-state index contributed by atoms with van der Waals surface area (Å²) < 4.78 is 3.17. The first-order valence-electron chi connectivity index (χ1n) is 12.4. The third-order valence-corrected chi connectivity index (χ3v) is 6.33. The van der Waals surface area contributed by atoms with Crippen molar-refractivity contribution >= 4 is 28.2 Å². The summed E-state index contributed by atoms with van der Waals surface area (Å²) >= 11 is 0. The van der Waals surface area contributed by atoms with E-state index in [0.29, 0.717) is 44.6 Å². The number of nitrogens with one attached hydrogen (secondary N) is 2. The number of nitrogens with zero attached hydrogens (tertiary/aromatic N) is 4. The zero-order valence-electron chi connectivity index (χ0n) is 21.7. The number of fused-ring (bicyclic) bond motifs is 2. The van der Waals surface area contributed by atoms with Crippen molar-refractivity contribution in [2.45, 2.75) is 26.8 Å². The van der Waals surface area contributed by atoms with Crippen LogP contribution in [0.15, 0.2) is 77.9 Å². The molecule has 0 saturated heterocycles. The molecule has 3 heterocycles. The highest BCUT2D eigenvalue weighted by Crippen LogP contribution is 2.24. The minimum atomic E-state index is -0.539. The Morgan fingerprint density at radius 3 is 2.64 bits per heavy atom. The van der Waals surface area contributed by atoms with Gasteiger partial charge >= 0.3 is 0 Å². The zero-order valence-corrected chi connectivity index (χ0v) is 21.7. The summed E-state index contributed by atoms with van der Waals surface area (Å²) in [5, 5.41) is 11.2. The lowest BCUT2D eigenvalue weighted by atomic mass is 10.0. The number of carbonyl (C=O) groups excluding carboxylic acids is 2. The van der Waals surface area contributed by atoms with Crippen LogP contribution in [-0.2, 0) is 4.79 Å². The van der Waals surface area contributed by atoms with Gasteiger partial charge in [-0.05, 0) is 49.6 Å². The molecule has 0 unspecified atom stereocenters. The maximum atomic E-state index is 14.0. The molecule has 39 heavy (non-hydrogen) atoms. The van der Waals surface area contributed by atoms with Gasteiger partial charge in [0, 0.05) is 36.3 Å². The van der Waals surface area contributed by atoms with Gasteiger partial charge in [0.05, 0.1) is 23.7 Å². The minimum Gasteiger partial charge on any atom is -0.345 e. The Balaban J connectivity index is 1.61. The third kappa shape index (κ3) is 5.00. The minimum absolute atomic E-state index is 0.176. The molecule has 0 aliphatic carbocycles. The van der Waals surface area contributed by atoms with Crippen LogP contribution in [0, 0.1) is 18.8 Å². The smallest absolute Gasteiger partial charge is 0.264 e. The highest BCUT2D eigenvalue weighted by atomic mass is 16.2. The average Bonchev–Trinajstić information content (AvgIpc) is 3.27. The van der Waals surface area contributed by atoms with Crippen molar-refractivity contribution in [2.24, 2.45) is 0 Å². The van der Waals surface area contributed by atoms with Gasteiger partial charge in [-0.2, -0.15) is 5.10 Å². The Hall–Kier alpha value is -5.23. The highest BCUT2D eigenvalue weighted by molar-refractivity contribution is 6.01. The molecule has 3 aromatic heterocycles. The van der Waals surface area contributed by atoms with Crippen LogP contribution in [0.3, 0.4) is 0 Å². The maximum absolute atomic E-state index is 14.0. The van der Waals surface area contributed by atoms with Crippen LogP contribution in [-0.4, -0.2) is 37.5 Å². The van der Waals surface area contributed by atoms with Gasteiger partial charge in [-0.1, -0.05) is 42.2 Å². The van der Waals surface area contributed by atoms with Crippen LogP contribution in [0.2, 0.25) is 0 Å². The maximum Gasteiger partial charge on any atom is 0.264 e. The SMILES string of the molecule is CC(=O)NCC#Cc1cccc2cc([C@H](C)NC(=O)c3c(C)nn4cccnc34)n(-c3ccccc3)c(=O)c12. The fraction of sp³-hybridized carbons (Fsp3) is 0.167. The van der Waals surface area contributed by atoms with Gasteiger partial charge in [0.2, 0.25) is 5.91 Å². The van der Waals surface area contributed by atoms with E-state index < -0.39 is 6.04 Å². The second-order valence-corrected chi connectivity index (χ2v) is 9.07. The van der Waals surface area contributed by atoms with E-state index in [1.54, 1.807) is 40.5 Å². The Bertz CT molecular complexity index is 1840. The van der Waals surface area contributed by atoms with Crippen LogP contribution < -0.4 is 16.2 Å². The number of hydrogen-bond donors (Lipinski definition) is 2. The van der Waals surface area contributed by atoms with E-state index in [1.165, 1.54) is 6.92 Å². The van der Waals surface area contributed by atoms with E-state index in [-0.39, 0.29) is 23.9 Å². The van der Waals surface area contributed by atoms with Gasteiger partial charge in [-0.3, -0.25) is 19.0 Å². The molecule has 2 amide bonds. The monoisotopic (exact) mass is 518 g/mol. The summed E-state index contributed by atoms with van der Waals surface area (Å²) in [5.74, 6) is 5.42. The molecule has 2 N–H and O–H groups in total. The van der Waals surface area contributed by atoms with E-state index in [2.05, 4.69) is 32.6 Å². The topological polar surface area (TPSA) is 110 Å². The van der Waals surface area contributed by atoms with Crippen molar-refractivity contribution in [1.29, 1.82) is 0 Å². The van der Waals surface area contributed by atoms with Crippen LogP contribution >= 0.6 is 0 Å². The molecule has 0 aliphatic rings. The molecule has 0 radical (unpaired) electrons. The van der Waals surface area contributed by atoms with E-state index >= 15 is 0 Å². The predicted molar refractivity (Wildman–Crippen MR) is 149 cm³/mol. The Labute approximate surface area is 224 Å². The first-order chi connectivity index (χ1) is 18.8. The van der Waals surface area contributed by atoms with E-state index in [4.69, 9.17) is 0 Å². The standard InChI is InChI=1S/C30H26N6O3/c1-19(33-29(38)26-20(2)34-35-17-9-16-32-28(26)35)25-18-23-11-7-10-22(12-8-15-31-21(3)37)27(23)30(39)36(25)24-13-5-4-6-14-24/h4-7,9-11,13-14,16-19H,15H2,1-3H3,(H,31,37)(H,33,38)/t19-/m0/s1. The summed E-state index contributed by atoms with van der Waals surface area (Å²) in [6.07, 6.45) is 3.35. The van der Waals surface area contributed by atoms with Gasteiger partial charge in [-0.15, -0.1) is 0 Å². The third-order valence-electron chi connectivity index (χ3n) is 6.33. The number of rotatable bonds is 5. The molecule has 0 aliphatic heterocycles. The van der Waals surface area contributed by atoms with Crippen LogP contribution in [0.25, 0.3) is 22.1 Å². The molecule has 2 aromatic carbocycles. The summed E-state index contributed by atoms with van der Waals surface area (Å²) in [5.41, 5.74) is 2.97. The van der Waals surface area contributed by atoms with Crippen LogP contribution in [0.1, 0.15) is 47.2 Å². The van der Waals surface area contributed by atoms with Gasteiger partial charge in [0.25, 0.3) is 11.5 Å².